The summed E-state index contributed by atoms with van der Waals surface area (Å²) in [6.45, 7) is 5.58. The van der Waals surface area contributed by atoms with Crippen molar-refractivity contribution >= 4 is 52.2 Å². The van der Waals surface area contributed by atoms with Gasteiger partial charge in [0.05, 0.1) is 5.69 Å². The number of hydrogen-bond donors (Lipinski definition) is 2. The molecule has 3 aromatic rings. The second kappa shape index (κ2) is 10.2. The summed E-state index contributed by atoms with van der Waals surface area (Å²) in [5.41, 5.74) is 3.27. The van der Waals surface area contributed by atoms with Crippen LogP contribution in [0.5, 0.6) is 0 Å². The van der Waals surface area contributed by atoms with Gasteiger partial charge in [-0.25, -0.2) is 4.90 Å². The van der Waals surface area contributed by atoms with E-state index in [9.17, 15) is 19.2 Å². The molecule has 4 rings (SSSR count). The van der Waals surface area contributed by atoms with Crippen LogP contribution in [0.4, 0.5) is 17.1 Å². The smallest absolute Gasteiger partial charge is 0.283 e. The highest BCUT2D eigenvalue weighted by atomic mass is 35.5. The zero-order chi connectivity index (χ0) is 26.0. The van der Waals surface area contributed by atoms with Crippen LogP contribution in [0.1, 0.15) is 53.0 Å². The van der Waals surface area contributed by atoms with Gasteiger partial charge in [-0.3, -0.25) is 19.2 Å². The lowest BCUT2D eigenvalue weighted by Gasteiger charge is -2.16. The van der Waals surface area contributed by atoms with Gasteiger partial charge >= 0.3 is 0 Å². The van der Waals surface area contributed by atoms with Crippen LogP contribution >= 0.6 is 11.6 Å². The van der Waals surface area contributed by atoms with E-state index < -0.39 is 11.8 Å². The molecule has 3 amide bonds. The van der Waals surface area contributed by atoms with E-state index in [1.54, 1.807) is 60.7 Å². The number of imide groups is 1. The molecule has 0 bridgehead atoms. The molecule has 0 aromatic heterocycles. The average Bonchev–Trinajstić information content (AvgIpc) is 3.07. The van der Waals surface area contributed by atoms with Gasteiger partial charge in [0.15, 0.2) is 5.78 Å². The third-order valence-electron chi connectivity index (χ3n) is 5.79. The minimum atomic E-state index is -0.621. The van der Waals surface area contributed by atoms with Crippen molar-refractivity contribution in [3.05, 3.63) is 100 Å². The van der Waals surface area contributed by atoms with Crippen LogP contribution < -0.4 is 15.5 Å². The summed E-state index contributed by atoms with van der Waals surface area (Å²) in [6, 6.07) is 20.2. The predicted molar refractivity (Wildman–Crippen MR) is 140 cm³/mol. The molecule has 0 radical (unpaired) electrons. The van der Waals surface area contributed by atoms with Gasteiger partial charge in [-0.2, -0.15) is 0 Å². The van der Waals surface area contributed by atoms with Crippen LogP contribution in [0.25, 0.3) is 0 Å². The lowest BCUT2D eigenvalue weighted by Crippen LogP contribution is -2.32. The molecule has 1 aliphatic rings. The van der Waals surface area contributed by atoms with Crippen molar-refractivity contribution in [3.8, 4) is 0 Å². The lowest BCUT2D eigenvalue weighted by atomic mass is 10.0. The maximum atomic E-state index is 13.1. The summed E-state index contributed by atoms with van der Waals surface area (Å²) in [5, 5.41) is 5.43. The van der Waals surface area contributed by atoms with E-state index in [0.29, 0.717) is 34.1 Å². The Labute approximate surface area is 213 Å². The maximum Gasteiger partial charge on any atom is 0.283 e. The van der Waals surface area contributed by atoms with Crippen LogP contribution in [-0.4, -0.2) is 23.5 Å². The SMILES string of the molecule is CC(=O)c1ccc(NC(=O)c2cccc(NC3=C(Cl)C(=O)N(c4ccc(C(C)C)cc4)C3=O)c2)cc1. The monoisotopic (exact) mass is 501 g/mol. The van der Waals surface area contributed by atoms with E-state index >= 15 is 0 Å². The number of rotatable bonds is 7. The first kappa shape index (κ1) is 24.9. The van der Waals surface area contributed by atoms with Gasteiger partial charge in [0.25, 0.3) is 17.7 Å². The van der Waals surface area contributed by atoms with Crippen molar-refractivity contribution in [3.63, 3.8) is 0 Å². The van der Waals surface area contributed by atoms with Crippen LogP contribution in [0.15, 0.2) is 83.5 Å². The molecule has 0 saturated heterocycles. The molecule has 3 aromatic carbocycles. The van der Waals surface area contributed by atoms with E-state index in [2.05, 4.69) is 24.5 Å². The topological polar surface area (TPSA) is 95.6 Å². The molecular formula is C28H24ClN3O4. The summed E-state index contributed by atoms with van der Waals surface area (Å²) in [6.07, 6.45) is 0. The Morgan fingerprint density at radius 3 is 2.11 bits per heavy atom. The van der Waals surface area contributed by atoms with Gasteiger partial charge in [0.2, 0.25) is 0 Å². The number of hydrogen-bond acceptors (Lipinski definition) is 5. The van der Waals surface area contributed by atoms with Gasteiger partial charge in [-0.05, 0) is 73.0 Å². The van der Waals surface area contributed by atoms with Crippen molar-refractivity contribution in [1.29, 1.82) is 0 Å². The number of benzene rings is 3. The third-order valence-corrected chi connectivity index (χ3v) is 6.14. The minimum absolute atomic E-state index is 0.0630. The van der Waals surface area contributed by atoms with Gasteiger partial charge in [-0.1, -0.05) is 43.6 Å². The highest BCUT2D eigenvalue weighted by Gasteiger charge is 2.39. The molecule has 0 atom stereocenters. The van der Waals surface area contributed by atoms with Gasteiger partial charge < -0.3 is 10.6 Å². The molecule has 0 unspecified atom stereocenters. The summed E-state index contributed by atoms with van der Waals surface area (Å²) in [4.78, 5) is 51.0. The largest absolute Gasteiger partial charge is 0.350 e. The lowest BCUT2D eigenvalue weighted by molar-refractivity contribution is -0.120. The van der Waals surface area contributed by atoms with Crippen LogP contribution in [0.2, 0.25) is 0 Å². The average molecular weight is 502 g/mol. The number of Topliss-reactive ketones (excluding diaryl/α,β-unsaturated/α-hetero) is 1. The quantitative estimate of drug-likeness (QED) is 0.320. The summed E-state index contributed by atoms with van der Waals surface area (Å²) in [5.74, 6) is -1.33. The summed E-state index contributed by atoms with van der Waals surface area (Å²) < 4.78 is 0. The van der Waals surface area contributed by atoms with Crippen molar-refractivity contribution in [2.45, 2.75) is 26.7 Å². The predicted octanol–water partition coefficient (Wildman–Crippen LogP) is 5.70. The van der Waals surface area contributed by atoms with Gasteiger partial charge in [0.1, 0.15) is 10.7 Å². The van der Waals surface area contributed by atoms with Crippen molar-refractivity contribution in [1.82, 2.24) is 0 Å². The molecule has 8 heteroatoms. The fourth-order valence-corrected chi connectivity index (χ4v) is 3.94. The van der Waals surface area contributed by atoms with Crippen LogP contribution in [0.3, 0.4) is 0 Å². The third kappa shape index (κ3) is 5.06. The first-order valence-electron chi connectivity index (χ1n) is 11.3. The fraction of sp³-hybridized carbons (Fsp3) is 0.143. The Kier molecular flexibility index (Phi) is 7.03. The molecule has 182 valence electrons. The number of nitrogens with zero attached hydrogens (tertiary/aromatic N) is 1. The fourth-order valence-electron chi connectivity index (χ4n) is 3.73. The Hall–Kier alpha value is -4.23. The first-order valence-corrected chi connectivity index (χ1v) is 11.7. The number of amides is 3. The molecule has 0 fully saturated rings. The van der Waals surface area contributed by atoms with Crippen molar-refractivity contribution in [2.75, 3.05) is 15.5 Å². The van der Waals surface area contributed by atoms with Crippen LogP contribution in [0, 0.1) is 0 Å². The molecule has 7 nitrogen and oxygen atoms in total. The molecule has 1 aliphatic heterocycles. The highest BCUT2D eigenvalue weighted by Crippen LogP contribution is 2.31. The Morgan fingerprint density at radius 1 is 0.833 bits per heavy atom. The van der Waals surface area contributed by atoms with Gasteiger partial charge in [0, 0.05) is 22.5 Å². The number of ketones is 1. The molecule has 0 saturated carbocycles. The molecule has 0 spiro atoms. The molecule has 2 N–H and O–H groups in total. The van der Waals surface area contributed by atoms with E-state index in [0.717, 1.165) is 10.5 Å². The van der Waals surface area contributed by atoms with Gasteiger partial charge in [-0.15, -0.1) is 0 Å². The first-order chi connectivity index (χ1) is 17.2. The van der Waals surface area contributed by atoms with Crippen molar-refractivity contribution in [2.24, 2.45) is 0 Å². The number of nitrogens with one attached hydrogen (secondary N) is 2. The second-order valence-electron chi connectivity index (χ2n) is 8.67. The maximum absolute atomic E-state index is 13.1. The minimum Gasteiger partial charge on any atom is -0.350 e. The van der Waals surface area contributed by atoms with E-state index in [1.807, 2.05) is 12.1 Å². The summed E-state index contributed by atoms with van der Waals surface area (Å²) >= 11 is 6.25. The zero-order valence-electron chi connectivity index (χ0n) is 20.0. The summed E-state index contributed by atoms with van der Waals surface area (Å²) in [7, 11) is 0. The number of carbonyl (C=O) groups excluding carboxylic acids is 4. The van der Waals surface area contributed by atoms with E-state index in [1.165, 1.54) is 6.92 Å². The van der Waals surface area contributed by atoms with E-state index in [-0.39, 0.29) is 22.4 Å². The Balaban J connectivity index is 1.50. The molecule has 36 heavy (non-hydrogen) atoms. The van der Waals surface area contributed by atoms with Crippen LogP contribution in [-0.2, 0) is 9.59 Å². The Morgan fingerprint density at radius 2 is 1.50 bits per heavy atom. The Bertz CT molecular complexity index is 1390. The highest BCUT2D eigenvalue weighted by molar-refractivity contribution is 6.53. The van der Waals surface area contributed by atoms with Crippen molar-refractivity contribution < 1.29 is 19.2 Å². The number of anilines is 3. The molecule has 0 aliphatic carbocycles. The molecular weight excluding hydrogens is 478 g/mol. The second-order valence-corrected chi connectivity index (χ2v) is 9.05. The number of carbonyl (C=O) groups is 4. The zero-order valence-corrected chi connectivity index (χ0v) is 20.7. The standard InChI is InChI=1S/C28H24ClN3O4/c1-16(2)18-9-13-23(14-10-18)32-27(35)24(29)25(28(32)36)30-22-6-4-5-20(15-22)26(34)31-21-11-7-19(8-12-21)17(3)33/h4-16,30H,1-3H3,(H,31,34). The molecule has 1 heterocycles. The number of halogens is 1. The normalized spacial score (nSPS) is 13.4. The van der Waals surface area contributed by atoms with E-state index in [4.69, 9.17) is 11.6 Å².